The zero-order chi connectivity index (χ0) is 13.8. The summed E-state index contributed by atoms with van der Waals surface area (Å²) in [6.45, 7) is 2.02. The highest BCUT2D eigenvalue weighted by Crippen LogP contribution is 2.24. The Bertz CT molecular complexity index is 539. The highest BCUT2D eigenvalue weighted by atomic mass is 35.5. The molecule has 0 amide bonds. The Kier molecular flexibility index (Phi) is 4.47. The second-order valence-electron chi connectivity index (χ2n) is 4.21. The molecule has 0 saturated heterocycles. The summed E-state index contributed by atoms with van der Waals surface area (Å²) in [5.74, 6) is 6.23. The van der Waals surface area contributed by atoms with Gasteiger partial charge < -0.3 is 0 Å². The molecule has 2 heterocycles. The van der Waals surface area contributed by atoms with E-state index in [1.54, 1.807) is 23.1 Å². The SMILES string of the molecule is CCc1nn(C)c(CC(NN)c2ncccn2)c1Cl. The van der Waals surface area contributed by atoms with Crippen LogP contribution in [-0.2, 0) is 19.9 Å². The summed E-state index contributed by atoms with van der Waals surface area (Å²) in [6, 6.07) is 1.57. The lowest BCUT2D eigenvalue weighted by atomic mass is 10.1. The standard InChI is InChI=1S/C12H17ClN6/c1-3-8-11(13)10(19(2)18-8)7-9(17-14)12-15-5-4-6-16-12/h4-6,9,17H,3,7,14H2,1-2H3. The molecule has 2 aromatic heterocycles. The van der Waals surface area contributed by atoms with E-state index in [4.69, 9.17) is 17.4 Å². The topological polar surface area (TPSA) is 81.7 Å². The molecule has 102 valence electrons. The van der Waals surface area contributed by atoms with Gasteiger partial charge in [-0.25, -0.2) is 15.4 Å². The third kappa shape index (κ3) is 2.91. The number of nitrogens with one attached hydrogen (secondary N) is 1. The Morgan fingerprint density at radius 2 is 2.11 bits per heavy atom. The molecule has 2 aromatic rings. The number of aromatic nitrogens is 4. The molecule has 1 unspecified atom stereocenters. The maximum Gasteiger partial charge on any atom is 0.146 e. The molecule has 0 saturated carbocycles. The normalized spacial score (nSPS) is 12.6. The molecule has 6 nitrogen and oxygen atoms in total. The number of aryl methyl sites for hydroxylation is 2. The van der Waals surface area contributed by atoms with E-state index in [0.717, 1.165) is 17.8 Å². The second kappa shape index (κ2) is 6.10. The largest absolute Gasteiger partial charge is 0.271 e. The number of nitrogens with zero attached hydrogens (tertiary/aromatic N) is 4. The second-order valence-corrected chi connectivity index (χ2v) is 4.59. The predicted molar refractivity (Wildman–Crippen MR) is 73.4 cm³/mol. The molecular weight excluding hydrogens is 264 g/mol. The van der Waals surface area contributed by atoms with Crippen molar-refractivity contribution in [3.63, 3.8) is 0 Å². The lowest BCUT2D eigenvalue weighted by Gasteiger charge is -2.14. The molecule has 0 aliphatic heterocycles. The van der Waals surface area contributed by atoms with Crippen LogP contribution in [0.15, 0.2) is 18.5 Å². The molecule has 0 bridgehead atoms. The fourth-order valence-corrected chi connectivity index (χ4v) is 2.32. The molecule has 0 aliphatic rings. The van der Waals surface area contributed by atoms with Crippen molar-refractivity contribution in [2.75, 3.05) is 0 Å². The predicted octanol–water partition coefficient (Wildman–Crippen LogP) is 1.17. The van der Waals surface area contributed by atoms with Gasteiger partial charge >= 0.3 is 0 Å². The lowest BCUT2D eigenvalue weighted by molar-refractivity contribution is 0.505. The van der Waals surface area contributed by atoms with Gasteiger partial charge in [0.1, 0.15) is 5.82 Å². The van der Waals surface area contributed by atoms with Gasteiger partial charge in [0.05, 0.1) is 22.5 Å². The van der Waals surface area contributed by atoms with Crippen LogP contribution in [-0.4, -0.2) is 19.7 Å². The van der Waals surface area contributed by atoms with Gasteiger partial charge in [-0.15, -0.1) is 0 Å². The van der Waals surface area contributed by atoms with Crippen LogP contribution in [0.3, 0.4) is 0 Å². The van der Waals surface area contributed by atoms with Gasteiger partial charge in [-0.1, -0.05) is 18.5 Å². The molecule has 0 aromatic carbocycles. The number of hydrogen-bond acceptors (Lipinski definition) is 5. The molecule has 0 aliphatic carbocycles. The van der Waals surface area contributed by atoms with E-state index in [2.05, 4.69) is 20.5 Å². The van der Waals surface area contributed by atoms with E-state index in [1.807, 2.05) is 14.0 Å². The van der Waals surface area contributed by atoms with Crippen LogP contribution in [0.5, 0.6) is 0 Å². The van der Waals surface area contributed by atoms with E-state index in [1.165, 1.54) is 0 Å². The number of rotatable bonds is 5. The van der Waals surface area contributed by atoms with Crippen molar-refractivity contribution in [2.45, 2.75) is 25.8 Å². The fraction of sp³-hybridized carbons (Fsp3) is 0.417. The summed E-state index contributed by atoms with van der Waals surface area (Å²) in [7, 11) is 1.87. The van der Waals surface area contributed by atoms with Gasteiger partial charge in [-0.2, -0.15) is 5.10 Å². The summed E-state index contributed by atoms with van der Waals surface area (Å²) in [6.07, 6.45) is 4.77. The Morgan fingerprint density at radius 3 is 2.63 bits per heavy atom. The molecule has 0 spiro atoms. The average Bonchev–Trinajstić information content (AvgIpc) is 2.72. The van der Waals surface area contributed by atoms with Crippen LogP contribution in [0, 0.1) is 0 Å². The van der Waals surface area contributed by atoms with Crippen LogP contribution in [0.2, 0.25) is 5.02 Å². The van der Waals surface area contributed by atoms with Gasteiger partial charge in [-0.3, -0.25) is 10.5 Å². The maximum absolute atomic E-state index is 6.33. The first-order chi connectivity index (χ1) is 9.17. The first kappa shape index (κ1) is 13.9. The van der Waals surface area contributed by atoms with Crippen LogP contribution >= 0.6 is 11.6 Å². The van der Waals surface area contributed by atoms with Gasteiger partial charge in [0.25, 0.3) is 0 Å². The van der Waals surface area contributed by atoms with E-state index in [-0.39, 0.29) is 6.04 Å². The first-order valence-electron chi connectivity index (χ1n) is 6.10. The molecular formula is C12H17ClN6. The van der Waals surface area contributed by atoms with Crippen molar-refractivity contribution in [1.29, 1.82) is 0 Å². The Labute approximate surface area is 117 Å². The molecule has 0 radical (unpaired) electrons. The number of hydrogen-bond donors (Lipinski definition) is 2. The smallest absolute Gasteiger partial charge is 0.146 e. The number of halogens is 1. The fourth-order valence-electron chi connectivity index (χ4n) is 1.95. The zero-order valence-corrected chi connectivity index (χ0v) is 11.7. The zero-order valence-electron chi connectivity index (χ0n) is 11.0. The van der Waals surface area contributed by atoms with Gasteiger partial charge in [0.2, 0.25) is 0 Å². The van der Waals surface area contributed by atoms with Crippen molar-refractivity contribution in [3.8, 4) is 0 Å². The monoisotopic (exact) mass is 280 g/mol. The van der Waals surface area contributed by atoms with E-state index in [9.17, 15) is 0 Å². The van der Waals surface area contributed by atoms with Crippen molar-refractivity contribution in [2.24, 2.45) is 12.9 Å². The van der Waals surface area contributed by atoms with Crippen LogP contribution in [0.1, 0.15) is 30.2 Å². The highest BCUT2D eigenvalue weighted by molar-refractivity contribution is 6.31. The molecule has 1 atom stereocenters. The summed E-state index contributed by atoms with van der Waals surface area (Å²) < 4.78 is 1.79. The first-order valence-corrected chi connectivity index (χ1v) is 6.48. The third-order valence-electron chi connectivity index (χ3n) is 3.00. The minimum absolute atomic E-state index is 0.196. The summed E-state index contributed by atoms with van der Waals surface area (Å²) in [4.78, 5) is 8.41. The van der Waals surface area contributed by atoms with Gasteiger partial charge in [0.15, 0.2) is 0 Å². The van der Waals surface area contributed by atoms with Crippen LogP contribution in [0.25, 0.3) is 0 Å². The Hall–Kier alpha value is -1.50. The minimum atomic E-state index is -0.196. The van der Waals surface area contributed by atoms with Gasteiger partial charge in [-0.05, 0) is 12.5 Å². The summed E-state index contributed by atoms with van der Waals surface area (Å²) in [5.41, 5.74) is 4.54. The Balaban J connectivity index is 2.26. The van der Waals surface area contributed by atoms with Crippen molar-refractivity contribution in [1.82, 2.24) is 25.2 Å². The van der Waals surface area contributed by atoms with E-state index < -0.39 is 0 Å². The molecule has 0 fully saturated rings. The average molecular weight is 281 g/mol. The molecule has 3 N–H and O–H groups in total. The number of nitrogens with two attached hydrogens (primary N) is 1. The lowest BCUT2D eigenvalue weighted by Crippen LogP contribution is -2.31. The summed E-state index contributed by atoms with van der Waals surface area (Å²) in [5, 5.41) is 5.08. The minimum Gasteiger partial charge on any atom is -0.271 e. The molecule has 2 rings (SSSR count). The highest BCUT2D eigenvalue weighted by Gasteiger charge is 2.20. The third-order valence-corrected chi connectivity index (χ3v) is 3.44. The van der Waals surface area contributed by atoms with E-state index in [0.29, 0.717) is 17.3 Å². The quantitative estimate of drug-likeness (QED) is 0.635. The van der Waals surface area contributed by atoms with E-state index >= 15 is 0 Å². The van der Waals surface area contributed by atoms with Crippen molar-refractivity contribution >= 4 is 11.6 Å². The van der Waals surface area contributed by atoms with Crippen molar-refractivity contribution < 1.29 is 0 Å². The van der Waals surface area contributed by atoms with Crippen LogP contribution in [0.4, 0.5) is 0 Å². The molecule has 19 heavy (non-hydrogen) atoms. The maximum atomic E-state index is 6.33. The number of hydrazine groups is 1. The molecule has 7 heteroatoms. The Morgan fingerprint density at radius 1 is 1.42 bits per heavy atom. The van der Waals surface area contributed by atoms with Crippen molar-refractivity contribution in [3.05, 3.63) is 40.7 Å². The van der Waals surface area contributed by atoms with Gasteiger partial charge in [0, 0.05) is 25.9 Å². The summed E-state index contributed by atoms with van der Waals surface area (Å²) >= 11 is 6.33. The van der Waals surface area contributed by atoms with Crippen LogP contribution < -0.4 is 11.3 Å².